The molecule has 0 spiro atoms. The molecule has 0 bridgehead atoms. The summed E-state index contributed by atoms with van der Waals surface area (Å²) in [6.45, 7) is 0. The molecule has 10 aromatic rings. The summed E-state index contributed by atoms with van der Waals surface area (Å²) in [6.07, 6.45) is 2.70. The number of fused-ring (bicyclic) bond motifs is 12. The third-order valence-corrected chi connectivity index (χ3v) is 13.0. The van der Waals surface area contributed by atoms with Crippen LogP contribution in [0.2, 0.25) is 0 Å². The van der Waals surface area contributed by atoms with Crippen molar-refractivity contribution in [1.82, 2.24) is 0 Å². The summed E-state index contributed by atoms with van der Waals surface area (Å²) < 4.78 is 11.6. The molecule has 2 atom stereocenters. The highest BCUT2D eigenvalue weighted by Gasteiger charge is 2.28. The van der Waals surface area contributed by atoms with Crippen molar-refractivity contribution in [2.24, 2.45) is 0 Å². The van der Waals surface area contributed by atoms with E-state index in [2.05, 4.69) is 121 Å². The van der Waals surface area contributed by atoms with Gasteiger partial charge in [0.25, 0.3) is 0 Å². The molecule has 0 N–H and O–H groups in total. The first-order chi connectivity index (χ1) is 29.1. The average Bonchev–Trinajstić information content (AvgIpc) is 3.45. The fourth-order valence-corrected chi connectivity index (χ4v) is 10.2. The predicted molar refractivity (Wildman–Crippen MR) is 238 cm³/mol. The molecule has 59 heavy (non-hydrogen) atoms. The van der Waals surface area contributed by atoms with Gasteiger partial charge in [0.1, 0.15) is 11.2 Å². The van der Waals surface area contributed by atoms with E-state index in [1.165, 1.54) is 44.5 Å². The topological polar surface area (TPSA) is 60.4 Å². The first-order valence-corrected chi connectivity index (χ1v) is 20.4. The predicted octanol–water partition coefficient (Wildman–Crippen LogP) is 13.0. The maximum absolute atomic E-state index is 13.3. The van der Waals surface area contributed by atoms with E-state index in [0.717, 1.165) is 63.1 Å². The van der Waals surface area contributed by atoms with Gasteiger partial charge in [-0.3, -0.25) is 0 Å². The molecule has 12 rings (SSSR count). The summed E-state index contributed by atoms with van der Waals surface area (Å²) >= 11 is 0. The van der Waals surface area contributed by atoms with Crippen molar-refractivity contribution in [1.29, 1.82) is 0 Å². The van der Waals surface area contributed by atoms with Crippen LogP contribution < -0.4 is 11.3 Å². The normalized spacial score (nSPS) is 15.7. The molecule has 2 heterocycles. The van der Waals surface area contributed by atoms with Gasteiger partial charge in [-0.1, -0.05) is 133 Å². The minimum absolute atomic E-state index is 0.0753. The molecule has 4 nitrogen and oxygen atoms in total. The van der Waals surface area contributed by atoms with E-state index in [1.807, 2.05) is 48.5 Å². The largest absolute Gasteiger partial charge is 0.422 e. The number of hydrogen-bond acceptors (Lipinski definition) is 4. The number of aryl methyl sites for hydroxylation is 1. The third-order valence-electron chi connectivity index (χ3n) is 13.0. The Hall–Kier alpha value is -7.30. The minimum Gasteiger partial charge on any atom is -0.422 e. The zero-order valence-corrected chi connectivity index (χ0v) is 32.1. The van der Waals surface area contributed by atoms with Gasteiger partial charge in [-0.25, -0.2) is 9.59 Å². The summed E-state index contributed by atoms with van der Waals surface area (Å²) in [4.78, 5) is 26.6. The van der Waals surface area contributed by atoms with Crippen molar-refractivity contribution >= 4 is 43.5 Å². The van der Waals surface area contributed by atoms with E-state index >= 15 is 0 Å². The lowest BCUT2D eigenvalue weighted by molar-refractivity contribution is 0.569. The highest BCUT2D eigenvalue weighted by Crippen LogP contribution is 2.47. The summed E-state index contributed by atoms with van der Waals surface area (Å²) in [5, 5.41) is 4.96. The lowest BCUT2D eigenvalue weighted by Gasteiger charge is -2.29. The van der Waals surface area contributed by atoms with Crippen LogP contribution in [-0.2, 0) is 12.8 Å². The van der Waals surface area contributed by atoms with Crippen molar-refractivity contribution in [2.75, 3.05) is 0 Å². The summed E-state index contributed by atoms with van der Waals surface area (Å²) in [5.74, 6) is 0.173. The maximum atomic E-state index is 13.3. The van der Waals surface area contributed by atoms with Crippen LogP contribution in [0, 0.1) is 0 Å². The minimum atomic E-state index is -0.306. The van der Waals surface area contributed by atoms with Gasteiger partial charge in [0.15, 0.2) is 0 Å². The first-order valence-electron chi connectivity index (χ1n) is 20.4. The first kappa shape index (κ1) is 33.8. The molecule has 0 fully saturated rings. The Bertz CT molecular complexity index is 3500. The number of para-hydroxylation sites is 2. The fraction of sp³-hybridized carbons (Fsp3) is 0.0909. The van der Waals surface area contributed by atoms with Gasteiger partial charge in [-0.05, 0) is 133 Å². The molecule has 2 aromatic heterocycles. The zero-order chi connectivity index (χ0) is 39.2. The van der Waals surface area contributed by atoms with E-state index in [1.54, 1.807) is 0 Å². The Morgan fingerprint density at radius 3 is 1.49 bits per heavy atom. The Balaban J connectivity index is 0.981. The highest BCUT2D eigenvalue weighted by molar-refractivity contribution is 6.05. The highest BCUT2D eigenvalue weighted by atomic mass is 16.4. The maximum Gasteiger partial charge on any atom is 0.344 e. The molecule has 4 heteroatoms. The third kappa shape index (κ3) is 5.37. The molecule has 0 amide bonds. The molecule has 2 aliphatic carbocycles. The number of hydrogen-bond donors (Lipinski definition) is 0. The average molecular weight is 761 g/mol. The second-order valence-electron chi connectivity index (χ2n) is 16.1. The molecule has 0 unspecified atom stereocenters. The summed E-state index contributed by atoms with van der Waals surface area (Å²) in [7, 11) is 0. The van der Waals surface area contributed by atoms with E-state index < -0.39 is 0 Å². The molecule has 0 saturated heterocycles. The molecule has 8 aromatic carbocycles. The van der Waals surface area contributed by atoms with Gasteiger partial charge in [-0.2, -0.15) is 0 Å². The Labute approximate surface area is 339 Å². The van der Waals surface area contributed by atoms with Crippen LogP contribution in [0.4, 0.5) is 0 Å². The van der Waals surface area contributed by atoms with Crippen molar-refractivity contribution in [2.45, 2.75) is 31.1 Å². The van der Waals surface area contributed by atoms with Crippen LogP contribution in [0.3, 0.4) is 0 Å². The molecular weight excluding hydrogens is 725 g/mol. The van der Waals surface area contributed by atoms with Crippen molar-refractivity contribution in [3.8, 4) is 33.4 Å². The van der Waals surface area contributed by atoms with Gasteiger partial charge in [0.05, 0.1) is 10.8 Å². The summed E-state index contributed by atoms with van der Waals surface area (Å²) in [6, 6.07) is 59.6. The van der Waals surface area contributed by atoms with Crippen molar-refractivity contribution in [3.63, 3.8) is 0 Å². The quantitative estimate of drug-likeness (QED) is 0.133. The second kappa shape index (κ2) is 13.1. The fourth-order valence-electron chi connectivity index (χ4n) is 10.2. The second-order valence-corrected chi connectivity index (χ2v) is 16.1. The van der Waals surface area contributed by atoms with Gasteiger partial charge in [-0.15, -0.1) is 0 Å². The summed E-state index contributed by atoms with van der Waals surface area (Å²) in [5.41, 5.74) is 15.3. The van der Waals surface area contributed by atoms with Crippen molar-refractivity contribution in [3.05, 3.63) is 224 Å². The SMILES string of the molecule is O=c1oc2ccccc2c2ccc([C@@H]3CCc4ccccc4-c4cc(-c5ccc6c(c5)-c5ccccc5C[C@H]6c5ccc6c(c5)c(=O)oc5ccccc56)ccc43)cc12. The number of rotatable bonds is 3. The molecule has 0 aliphatic heterocycles. The van der Waals surface area contributed by atoms with Crippen molar-refractivity contribution < 1.29 is 8.83 Å². The Morgan fingerprint density at radius 1 is 0.390 bits per heavy atom. The lowest BCUT2D eigenvalue weighted by atomic mass is 9.74. The van der Waals surface area contributed by atoms with Gasteiger partial charge in [0, 0.05) is 22.6 Å². The van der Waals surface area contributed by atoms with Crippen LogP contribution in [0.25, 0.3) is 76.9 Å². The monoisotopic (exact) mass is 760 g/mol. The van der Waals surface area contributed by atoms with E-state index in [-0.39, 0.29) is 23.1 Å². The van der Waals surface area contributed by atoms with E-state index in [0.29, 0.717) is 21.9 Å². The lowest BCUT2D eigenvalue weighted by Crippen LogP contribution is -2.13. The van der Waals surface area contributed by atoms with Crippen LogP contribution in [0.15, 0.2) is 188 Å². The molecule has 2 aliphatic rings. The van der Waals surface area contributed by atoms with Crippen LogP contribution in [0.5, 0.6) is 0 Å². The number of benzene rings is 8. The van der Waals surface area contributed by atoms with Crippen LogP contribution in [-0.4, -0.2) is 0 Å². The van der Waals surface area contributed by atoms with Crippen LogP contribution in [0.1, 0.15) is 51.6 Å². The Kier molecular flexibility index (Phi) is 7.52. The van der Waals surface area contributed by atoms with Crippen LogP contribution >= 0.6 is 0 Å². The molecule has 280 valence electrons. The standard InChI is InChI=1S/C55H36O4/c56-54-50-30-36(20-25-42(50)45-13-5-7-15-52(45)58-54)40-22-17-32-9-1-3-11-38(32)48-27-33(18-23-41(40)48)34-19-24-44-47(29-35-10-2-4-12-39(35)49(44)28-34)37-21-26-43-46-14-6-8-16-53(46)59-55(57)51(43)31-37/h1-16,18-21,23-28,30-31,40,47H,17,22,29H2/t40-,47-/m0/s1. The molecular formula is C55H36O4. The zero-order valence-electron chi connectivity index (χ0n) is 32.1. The van der Waals surface area contributed by atoms with Gasteiger partial charge in [0.2, 0.25) is 0 Å². The van der Waals surface area contributed by atoms with Gasteiger partial charge < -0.3 is 8.83 Å². The molecule has 0 saturated carbocycles. The smallest absolute Gasteiger partial charge is 0.344 e. The molecule has 0 radical (unpaired) electrons. The van der Waals surface area contributed by atoms with Gasteiger partial charge >= 0.3 is 11.3 Å². The Morgan fingerprint density at radius 2 is 0.881 bits per heavy atom. The van der Waals surface area contributed by atoms with E-state index in [9.17, 15) is 9.59 Å². The van der Waals surface area contributed by atoms with E-state index in [4.69, 9.17) is 8.83 Å².